The van der Waals surface area contributed by atoms with Crippen LogP contribution in [-0.4, -0.2) is 15.9 Å². The lowest BCUT2D eigenvalue weighted by atomic mass is 10.2. The van der Waals surface area contributed by atoms with Crippen LogP contribution < -0.4 is 10.9 Å². The Morgan fingerprint density at radius 2 is 2.00 bits per heavy atom. The van der Waals surface area contributed by atoms with Crippen LogP contribution in [0.25, 0.3) is 0 Å². The van der Waals surface area contributed by atoms with Crippen molar-refractivity contribution in [3.05, 3.63) is 58.3 Å². The summed E-state index contributed by atoms with van der Waals surface area (Å²) in [5, 5.41) is 2.68. The van der Waals surface area contributed by atoms with Crippen LogP contribution in [0.15, 0.2) is 41.6 Å². The van der Waals surface area contributed by atoms with Crippen LogP contribution in [0.5, 0.6) is 0 Å². The summed E-state index contributed by atoms with van der Waals surface area (Å²) in [4.78, 5) is 29.5. The van der Waals surface area contributed by atoms with Gasteiger partial charge in [-0.3, -0.25) is 14.6 Å². The van der Waals surface area contributed by atoms with Gasteiger partial charge in [0.25, 0.3) is 11.5 Å². The van der Waals surface area contributed by atoms with Crippen molar-refractivity contribution >= 4 is 11.6 Å². The second-order valence-electron chi connectivity index (χ2n) is 3.54. The van der Waals surface area contributed by atoms with Gasteiger partial charge >= 0.3 is 0 Å². The number of aromatic amines is 1. The fraction of sp³-hybridized carbons (Fsp3) is 0.0833. The molecule has 0 atom stereocenters. The number of amides is 1. The molecule has 2 heterocycles. The van der Waals surface area contributed by atoms with Crippen LogP contribution in [-0.2, 0) is 0 Å². The van der Waals surface area contributed by atoms with Gasteiger partial charge in [0.2, 0.25) is 0 Å². The molecule has 0 aliphatic rings. The number of aromatic nitrogens is 2. The first-order chi connectivity index (χ1) is 8.18. The predicted molar refractivity (Wildman–Crippen MR) is 64.0 cm³/mol. The average Bonchev–Trinajstić information content (AvgIpc) is 2.36. The summed E-state index contributed by atoms with van der Waals surface area (Å²) in [7, 11) is 0. The zero-order valence-electron chi connectivity index (χ0n) is 9.23. The van der Waals surface area contributed by atoms with Gasteiger partial charge in [0.05, 0.1) is 5.69 Å². The van der Waals surface area contributed by atoms with E-state index in [1.807, 2.05) is 0 Å². The summed E-state index contributed by atoms with van der Waals surface area (Å²) in [6.45, 7) is 1.65. The van der Waals surface area contributed by atoms with Crippen LogP contribution >= 0.6 is 0 Å². The molecule has 0 aromatic carbocycles. The van der Waals surface area contributed by atoms with Crippen molar-refractivity contribution in [2.75, 3.05) is 5.32 Å². The van der Waals surface area contributed by atoms with Gasteiger partial charge in [-0.25, -0.2) is 0 Å². The van der Waals surface area contributed by atoms with Gasteiger partial charge in [0.1, 0.15) is 0 Å². The first kappa shape index (κ1) is 11.1. The van der Waals surface area contributed by atoms with Crippen molar-refractivity contribution < 1.29 is 4.79 Å². The number of carbonyl (C=O) groups excluding carboxylic acids is 1. The smallest absolute Gasteiger partial charge is 0.255 e. The second kappa shape index (κ2) is 4.61. The molecule has 17 heavy (non-hydrogen) atoms. The van der Waals surface area contributed by atoms with E-state index in [9.17, 15) is 9.59 Å². The minimum Gasteiger partial charge on any atom is -0.329 e. The molecule has 2 aromatic heterocycles. The maximum absolute atomic E-state index is 11.8. The molecular weight excluding hydrogens is 218 g/mol. The Bertz CT molecular complexity index is 590. The Morgan fingerprint density at radius 1 is 1.29 bits per heavy atom. The summed E-state index contributed by atoms with van der Waals surface area (Å²) in [6.07, 6.45) is 4.58. The number of anilines is 1. The number of pyridine rings is 2. The van der Waals surface area contributed by atoms with Crippen LogP contribution in [0, 0.1) is 6.92 Å². The molecule has 0 unspecified atom stereocenters. The van der Waals surface area contributed by atoms with Gasteiger partial charge in [-0.2, -0.15) is 0 Å². The maximum atomic E-state index is 11.8. The first-order valence-corrected chi connectivity index (χ1v) is 5.08. The monoisotopic (exact) mass is 229 g/mol. The van der Waals surface area contributed by atoms with Crippen LogP contribution in [0.4, 0.5) is 5.69 Å². The van der Waals surface area contributed by atoms with E-state index in [4.69, 9.17) is 0 Å². The number of hydrogen-bond donors (Lipinski definition) is 2. The molecule has 2 rings (SSSR count). The lowest BCUT2D eigenvalue weighted by Gasteiger charge is -2.06. The highest BCUT2D eigenvalue weighted by atomic mass is 16.1. The zero-order chi connectivity index (χ0) is 12.3. The lowest BCUT2D eigenvalue weighted by Crippen LogP contribution is -2.17. The molecule has 1 amide bonds. The fourth-order valence-electron chi connectivity index (χ4n) is 1.39. The minimum atomic E-state index is -0.263. The molecule has 86 valence electrons. The lowest BCUT2D eigenvalue weighted by molar-refractivity contribution is 0.102. The van der Waals surface area contributed by atoms with Crippen molar-refractivity contribution in [1.82, 2.24) is 9.97 Å². The highest BCUT2D eigenvalue weighted by Crippen LogP contribution is 2.10. The number of rotatable bonds is 2. The SMILES string of the molecule is Cc1c(NC(=O)c2ccncc2)cc[nH]c1=O. The fourth-order valence-corrected chi connectivity index (χ4v) is 1.39. The van der Waals surface area contributed by atoms with E-state index in [-0.39, 0.29) is 11.5 Å². The molecule has 0 saturated carbocycles. The van der Waals surface area contributed by atoms with E-state index in [0.717, 1.165) is 0 Å². The van der Waals surface area contributed by atoms with Crippen molar-refractivity contribution in [3.8, 4) is 0 Å². The van der Waals surface area contributed by atoms with Crippen LogP contribution in [0.3, 0.4) is 0 Å². The van der Waals surface area contributed by atoms with Gasteiger partial charge in [-0.05, 0) is 25.1 Å². The molecule has 0 spiro atoms. The molecule has 0 radical (unpaired) electrons. The molecular formula is C12H11N3O2. The highest BCUT2D eigenvalue weighted by Gasteiger charge is 2.08. The van der Waals surface area contributed by atoms with Gasteiger partial charge in [-0.1, -0.05) is 0 Å². The van der Waals surface area contributed by atoms with E-state index in [0.29, 0.717) is 16.8 Å². The Balaban J connectivity index is 2.25. The molecule has 0 bridgehead atoms. The number of carbonyl (C=O) groups is 1. The quantitative estimate of drug-likeness (QED) is 0.815. The molecule has 5 heteroatoms. The van der Waals surface area contributed by atoms with Crippen LogP contribution in [0.2, 0.25) is 0 Å². The molecule has 2 N–H and O–H groups in total. The molecule has 0 aliphatic heterocycles. The first-order valence-electron chi connectivity index (χ1n) is 5.08. The van der Waals surface area contributed by atoms with Crippen molar-refractivity contribution in [3.63, 3.8) is 0 Å². The topological polar surface area (TPSA) is 74.8 Å². The van der Waals surface area contributed by atoms with Crippen LogP contribution in [0.1, 0.15) is 15.9 Å². The van der Waals surface area contributed by atoms with Crippen molar-refractivity contribution in [2.24, 2.45) is 0 Å². The second-order valence-corrected chi connectivity index (χ2v) is 3.54. The number of H-pyrrole nitrogens is 1. The largest absolute Gasteiger partial charge is 0.329 e. The number of nitrogens with one attached hydrogen (secondary N) is 2. The third-order valence-corrected chi connectivity index (χ3v) is 2.40. The molecule has 0 saturated heterocycles. The summed E-state index contributed by atoms with van der Waals surface area (Å²) in [6, 6.07) is 4.87. The maximum Gasteiger partial charge on any atom is 0.255 e. The van der Waals surface area contributed by atoms with E-state index in [1.54, 1.807) is 37.5 Å². The normalized spacial score (nSPS) is 9.94. The van der Waals surface area contributed by atoms with Gasteiger partial charge in [-0.15, -0.1) is 0 Å². The molecule has 0 fully saturated rings. The third-order valence-electron chi connectivity index (χ3n) is 2.40. The molecule has 2 aromatic rings. The Morgan fingerprint density at radius 3 is 2.71 bits per heavy atom. The average molecular weight is 229 g/mol. The van der Waals surface area contributed by atoms with Crippen molar-refractivity contribution in [1.29, 1.82) is 0 Å². The summed E-state index contributed by atoms with van der Waals surface area (Å²) in [5.74, 6) is -0.263. The van der Waals surface area contributed by atoms with Gasteiger partial charge in [0, 0.05) is 29.7 Å². The minimum absolute atomic E-state index is 0.211. The molecule has 0 aliphatic carbocycles. The van der Waals surface area contributed by atoms with E-state index < -0.39 is 0 Å². The number of hydrogen-bond acceptors (Lipinski definition) is 3. The standard InChI is InChI=1S/C12H11N3O2/c1-8-10(4-7-14-11(8)16)15-12(17)9-2-5-13-6-3-9/h2-7H,1H3,(H2,14,15,16,17). The van der Waals surface area contributed by atoms with Gasteiger partial charge < -0.3 is 10.3 Å². The Hall–Kier alpha value is -2.43. The Labute approximate surface area is 97.5 Å². The Kier molecular flexibility index (Phi) is 3.00. The summed E-state index contributed by atoms with van der Waals surface area (Å²) in [5.41, 5.74) is 1.28. The van der Waals surface area contributed by atoms with E-state index in [2.05, 4.69) is 15.3 Å². The predicted octanol–water partition coefficient (Wildman–Crippen LogP) is 1.33. The van der Waals surface area contributed by atoms with Crippen molar-refractivity contribution in [2.45, 2.75) is 6.92 Å². The number of nitrogens with zero attached hydrogens (tertiary/aromatic N) is 1. The highest BCUT2D eigenvalue weighted by molar-refractivity contribution is 6.04. The summed E-state index contributed by atoms with van der Waals surface area (Å²) < 4.78 is 0. The third kappa shape index (κ3) is 2.39. The van der Waals surface area contributed by atoms with E-state index in [1.165, 1.54) is 6.20 Å². The molecule has 5 nitrogen and oxygen atoms in total. The summed E-state index contributed by atoms with van der Waals surface area (Å²) >= 11 is 0. The zero-order valence-corrected chi connectivity index (χ0v) is 9.23. The van der Waals surface area contributed by atoms with E-state index >= 15 is 0 Å². The van der Waals surface area contributed by atoms with Gasteiger partial charge in [0.15, 0.2) is 0 Å².